The quantitative estimate of drug-likeness (QED) is 0.845. The number of aliphatic carboxylic acids is 1. The maximum absolute atomic E-state index is 14.3. The van der Waals surface area contributed by atoms with Crippen LogP contribution in [0.2, 0.25) is 0 Å². The zero-order chi connectivity index (χ0) is 18.0. The Morgan fingerprint density at radius 1 is 1.16 bits per heavy atom. The third kappa shape index (κ3) is 3.47. The van der Waals surface area contributed by atoms with Gasteiger partial charge in [0, 0.05) is 6.54 Å². The van der Waals surface area contributed by atoms with Crippen molar-refractivity contribution in [3.63, 3.8) is 0 Å². The summed E-state index contributed by atoms with van der Waals surface area (Å²) in [5, 5.41) is 11.6. The SMILES string of the molecule is COc1ccc(-c2ccc(C(=O)NCC3(C(=O)O)CC3)c(F)c2)cc1. The molecule has 3 rings (SSSR count). The van der Waals surface area contributed by atoms with Crippen molar-refractivity contribution in [1.82, 2.24) is 5.32 Å². The van der Waals surface area contributed by atoms with Crippen molar-refractivity contribution in [3.05, 3.63) is 53.8 Å². The van der Waals surface area contributed by atoms with Gasteiger partial charge in [-0.15, -0.1) is 0 Å². The zero-order valence-corrected chi connectivity index (χ0v) is 13.7. The molecule has 1 amide bonds. The number of benzene rings is 2. The van der Waals surface area contributed by atoms with Gasteiger partial charge < -0.3 is 15.2 Å². The van der Waals surface area contributed by atoms with Crippen LogP contribution in [0.15, 0.2) is 42.5 Å². The molecule has 0 spiro atoms. The van der Waals surface area contributed by atoms with Gasteiger partial charge in [0.15, 0.2) is 0 Å². The van der Waals surface area contributed by atoms with E-state index in [0.717, 1.165) is 5.56 Å². The predicted molar refractivity (Wildman–Crippen MR) is 90.0 cm³/mol. The van der Waals surface area contributed by atoms with E-state index in [9.17, 15) is 14.0 Å². The minimum Gasteiger partial charge on any atom is -0.497 e. The summed E-state index contributed by atoms with van der Waals surface area (Å²) in [5.41, 5.74) is 0.462. The van der Waals surface area contributed by atoms with Crippen molar-refractivity contribution >= 4 is 11.9 Å². The number of amides is 1. The fourth-order valence-electron chi connectivity index (χ4n) is 2.62. The van der Waals surface area contributed by atoms with Crippen LogP contribution in [0, 0.1) is 11.2 Å². The molecule has 0 bridgehead atoms. The monoisotopic (exact) mass is 343 g/mol. The summed E-state index contributed by atoms with van der Waals surface area (Å²) in [5.74, 6) is -1.48. The Balaban J connectivity index is 1.72. The molecule has 1 aliphatic carbocycles. The molecule has 1 fully saturated rings. The van der Waals surface area contributed by atoms with Gasteiger partial charge in [-0.2, -0.15) is 0 Å². The molecule has 0 radical (unpaired) electrons. The minimum atomic E-state index is -0.928. The van der Waals surface area contributed by atoms with Gasteiger partial charge in [0.2, 0.25) is 0 Å². The highest BCUT2D eigenvalue weighted by atomic mass is 19.1. The van der Waals surface area contributed by atoms with Gasteiger partial charge in [-0.25, -0.2) is 4.39 Å². The maximum Gasteiger partial charge on any atom is 0.311 e. The summed E-state index contributed by atoms with van der Waals surface area (Å²) in [6, 6.07) is 11.5. The summed E-state index contributed by atoms with van der Waals surface area (Å²) < 4.78 is 19.4. The molecule has 0 heterocycles. The van der Waals surface area contributed by atoms with Crippen molar-refractivity contribution in [2.75, 3.05) is 13.7 Å². The molecule has 5 nitrogen and oxygen atoms in total. The normalized spacial score (nSPS) is 14.6. The summed E-state index contributed by atoms with van der Waals surface area (Å²) in [6.45, 7) is 0.0147. The number of carboxylic acid groups (broad SMARTS) is 1. The molecule has 1 saturated carbocycles. The number of halogens is 1. The fraction of sp³-hybridized carbons (Fsp3) is 0.263. The highest BCUT2D eigenvalue weighted by Crippen LogP contribution is 2.45. The van der Waals surface area contributed by atoms with E-state index in [4.69, 9.17) is 9.84 Å². The van der Waals surface area contributed by atoms with E-state index >= 15 is 0 Å². The predicted octanol–water partition coefficient (Wildman–Crippen LogP) is 3.10. The fourth-order valence-corrected chi connectivity index (χ4v) is 2.62. The first-order chi connectivity index (χ1) is 11.9. The van der Waals surface area contributed by atoms with E-state index in [1.165, 1.54) is 12.1 Å². The molecule has 2 aromatic rings. The Morgan fingerprint density at radius 2 is 1.80 bits per heavy atom. The number of ether oxygens (including phenoxy) is 1. The van der Waals surface area contributed by atoms with E-state index < -0.39 is 23.1 Å². The average molecular weight is 343 g/mol. The van der Waals surface area contributed by atoms with E-state index in [-0.39, 0.29) is 12.1 Å². The Bertz CT molecular complexity index is 813. The van der Waals surface area contributed by atoms with E-state index in [2.05, 4.69) is 5.32 Å². The van der Waals surface area contributed by atoms with Crippen molar-refractivity contribution < 1.29 is 23.8 Å². The molecule has 1 aliphatic rings. The van der Waals surface area contributed by atoms with Gasteiger partial charge in [0.05, 0.1) is 18.1 Å². The first-order valence-corrected chi connectivity index (χ1v) is 7.91. The van der Waals surface area contributed by atoms with Gasteiger partial charge in [0.25, 0.3) is 5.91 Å². The van der Waals surface area contributed by atoms with Crippen molar-refractivity contribution in [2.45, 2.75) is 12.8 Å². The Hall–Kier alpha value is -2.89. The standard InChI is InChI=1S/C19H18FNO4/c1-25-14-5-2-12(3-6-14)13-4-7-15(16(20)10-13)17(22)21-11-19(8-9-19)18(23)24/h2-7,10H,8-9,11H2,1H3,(H,21,22)(H,23,24). The topological polar surface area (TPSA) is 75.6 Å². The van der Waals surface area contributed by atoms with Crippen LogP contribution in [0.25, 0.3) is 11.1 Å². The molecule has 0 aromatic heterocycles. The summed E-state index contributed by atoms with van der Waals surface area (Å²) in [4.78, 5) is 23.2. The lowest BCUT2D eigenvalue weighted by molar-refractivity contribution is -0.143. The number of rotatable bonds is 6. The number of carboxylic acids is 1. The first-order valence-electron chi connectivity index (χ1n) is 7.91. The van der Waals surface area contributed by atoms with Crippen LogP contribution >= 0.6 is 0 Å². The number of hydrogen-bond acceptors (Lipinski definition) is 3. The van der Waals surface area contributed by atoms with Crippen LogP contribution in [0.5, 0.6) is 5.75 Å². The van der Waals surface area contributed by atoms with Gasteiger partial charge in [0.1, 0.15) is 11.6 Å². The number of hydrogen-bond donors (Lipinski definition) is 2. The molecule has 0 atom stereocenters. The van der Waals surface area contributed by atoms with Gasteiger partial charge in [-0.1, -0.05) is 18.2 Å². The smallest absolute Gasteiger partial charge is 0.311 e. The van der Waals surface area contributed by atoms with Crippen LogP contribution in [-0.4, -0.2) is 30.6 Å². The first kappa shape index (κ1) is 17.0. The average Bonchev–Trinajstić information content (AvgIpc) is 3.41. The van der Waals surface area contributed by atoms with Crippen LogP contribution in [-0.2, 0) is 4.79 Å². The number of carbonyl (C=O) groups excluding carboxylic acids is 1. The second-order valence-corrected chi connectivity index (χ2v) is 6.19. The largest absolute Gasteiger partial charge is 0.497 e. The molecule has 0 aliphatic heterocycles. The van der Waals surface area contributed by atoms with Crippen molar-refractivity contribution in [1.29, 1.82) is 0 Å². The molecule has 25 heavy (non-hydrogen) atoms. The molecule has 6 heteroatoms. The molecule has 2 aromatic carbocycles. The zero-order valence-electron chi connectivity index (χ0n) is 13.7. The van der Waals surface area contributed by atoms with Crippen LogP contribution in [0.4, 0.5) is 4.39 Å². The molecular weight excluding hydrogens is 325 g/mol. The lowest BCUT2D eigenvalue weighted by Crippen LogP contribution is -2.34. The summed E-state index contributed by atoms with van der Waals surface area (Å²) in [6.07, 6.45) is 1.06. The van der Waals surface area contributed by atoms with Gasteiger partial charge in [-0.05, 0) is 48.2 Å². The van der Waals surface area contributed by atoms with E-state index in [0.29, 0.717) is 24.2 Å². The summed E-state index contributed by atoms with van der Waals surface area (Å²) in [7, 11) is 1.57. The molecule has 0 unspecified atom stereocenters. The number of nitrogens with one attached hydrogen (secondary N) is 1. The Kier molecular flexibility index (Phi) is 4.44. The minimum absolute atomic E-state index is 0.0147. The Morgan fingerprint density at radius 3 is 2.32 bits per heavy atom. The highest BCUT2D eigenvalue weighted by molar-refractivity contribution is 5.95. The summed E-state index contributed by atoms with van der Waals surface area (Å²) >= 11 is 0. The van der Waals surface area contributed by atoms with E-state index in [1.54, 1.807) is 37.4 Å². The van der Waals surface area contributed by atoms with Gasteiger partial charge >= 0.3 is 5.97 Å². The number of carbonyl (C=O) groups is 2. The molecule has 0 saturated heterocycles. The second kappa shape index (κ2) is 6.55. The van der Waals surface area contributed by atoms with E-state index in [1.807, 2.05) is 0 Å². The molecule has 2 N–H and O–H groups in total. The Labute approximate surface area is 144 Å². The van der Waals surface area contributed by atoms with Gasteiger partial charge in [-0.3, -0.25) is 9.59 Å². The lowest BCUT2D eigenvalue weighted by atomic mass is 10.0. The maximum atomic E-state index is 14.3. The third-order valence-electron chi connectivity index (χ3n) is 4.53. The second-order valence-electron chi connectivity index (χ2n) is 6.19. The van der Waals surface area contributed by atoms with Crippen LogP contribution < -0.4 is 10.1 Å². The van der Waals surface area contributed by atoms with Crippen molar-refractivity contribution in [3.8, 4) is 16.9 Å². The molecular formula is C19H18FNO4. The third-order valence-corrected chi connectivity index (χ3v) is 4.53. The molecule has 130 valence electrons. The van der Waals surface area contributed by atoms with Crippen LogP contribution in [0.1, 0.15) is 23.2 Å². The lowest BCUT2D eigenvalue weighted by Gasteiger charge is -2.12. The number of methoxy groups -OCH3 is 1. The highest BCUT2D eigenvalue weighted by Gasteiger charge is 2.50. The van der Waals surface area contributed by atoms with Crippen LogP contribution in [0.3, 0.4) is 0 Å². The van der Waals surface area contributed by atoms with Crippen molar-refractivity contribution in [2.24, 2.45) is 5.41 Å².